The van der Waals surface area contributed by atoms with Crippen molar-refractivity contribution in [1.82, 2.24) is 9.38 Å². The number of ether oxygens (including phenoxy) is 1. The van der Waals surface area contributed by atoms with E-state index in [4.69, 9.17) is 0 Å². The van der Waals surface area contributed by atoms with Crippen molar-refractivity contribution in [1.29, 1.82) is 0 Å². The molecule has 0 amide bonds. The van der Waals surface area contributed by atoms with Gasteiger partial charge in [-0.15, -0.1) is 0 Å². The van der Waals surface area contributed by atoms with E-state index in [0.29, 0.717) is 0 Å². The number of carbonyl (C=O) groups is 1. The zero-order chi connectivity index (χ0) is 18.6. The Kier molecular flexibility index (Phi) is 5.69. The summed E-state index contributed by atoms with van der Waals surface area (Å²) in [7, 11) is 1.19. The molecule has 0 fully saturated rings. The lowest BCUT2D eigenvalue weighted by Crippen LogP contribution is -2.11. The minimum absolute atomic E-state index is 0. The van der Waals surface area contributed by atoms with Gasteiger partial charge in [0.2, 0.25) is 0 Å². The lowest BCUT2D eigenvalue weighted by atomic mass is 10.2. The molecule has 0 aliphatic heterocycles. The molecule has 0 unspecified atom stereocenters. The molecule has 25 heavy (non-hydrogen) atoms. The normalized spacial score (nSPS) is 10.2. The highest BCUT2D eigenvalue weighted by atomic mass is 19.1. The fraction of sp³-hybridized carbons (Fsp3) is 0.222. The number of hydrogen-bond donors (Lipinski definition) is 1. The second-order valence-corrected chi connectivity index (χ2v) is 5.00. The van der Waals surface area contributed by atoms with Gasteiger partial charge in [0.15, 0.2) is 0 Å². The number of fused-ring (bicyclic) bond motifs is 1. The first-order chi connectivity index (χ1) is 12.0. The SMILES string of the molecule is CC.COC(=O)c1cc(F)c2cncn2c1Nc1ccc(C)cc1F.[HH]. The number of nitrogens with zero attached hydrogens (tertiary/aromatic N) is 2. The smallest absolute Gasteiger partial charge is 0.341 e. The van der Waals surface area contributed by atoms with Crippen LogP contribution in [0.4, 0.5) is 20.3 Å². The van der Waals surface area contributed by atoms with Crippen LogP contribution in [0.5, 0.6) is 0 Å². The summed E-state index contributed by atoms with van der Waals surface area (Å²) in [5.41, 5.74) is 1.01. The van der Waals surface area contributed by atoms with Crippen molar-refractivity contribution >= 4 is 23.0 Å². The molecular formula is C18H21F2N3O2. The van der Waals surface area contributed by atoms with Crippen LogP contribution in [0.3, 0.4) is 0 Å². The third-order valence-corrected chi connectivity index (χ3v) is 3.43. The summed E-state index contributed by atoms with van der Waals surface area (Å²) in [6, 6.07) is 5.65. The van der Waals surface area contributed by atoms with Crippen molar-refractivity contribution in [2.24, 2.45) is 0 Å². The summed E-state index contributed by atoms with van der Waals surface area (Å²) < 4.78 is 34.1. The standard InChI is InChI=1S/C16H13F2N3O2.C2H6.H2/c1-9-3-4-13(11(17)5-9)20-15-10(16(22)23-2)6-12(18)14-7-19-8-21(14)15;1-2;/h3-8,20H,1-2H3;1-2H3;1H. The Labute approximate surface area is 145 Å². The van der Waals surface area contributed by atoms with Crippen LogP contribution in [0.2, 0.25) is 0 Å². The number of aromatic nitrogens is 2. The van der Waals surface area contributed by atoms with Crippen molar-refractivity contribution in [3.8, 4) is 0 Å². The maximum absolute atomic E-state index is 14.1. The predicted octanol–water partition coefficient (Wildman–Crippen LogP) is 4.72. The molecular weight excluding hydrogens is 328 g/mol. The van der Waals surface area contributed by atoms with Crippen LogP contribution in [-0.2, 0) is 4.74 Å². The highest BCUT2D eigenvalue weighted by Gasteiger charge is 2.20. The number of pyridine rings is 1. The van der Waals surface area contributed by atoms with Crippen LogP contribution in [-0.4, -0.2) is 22.5 Å². The highest BCUT2D eigenvalue weighted by Crippen LogP contribution is 2.27. The molecule has 1 aromatic carbocycles. The topological polar surface area (TPSA) is 55.6 Å². The maximum Gasteiger partial charge on any atom is 0.341 e. The van der Waals surface area contributed by atoms with Gasteiger partial charge in [-0.2, -0.15) is 0 Å². The first-order valence-corrected chi connectivity index (χ1v) is 7.77. The number of methoxy groups -OCH3 is 1. The third kappa shape index (κ3) is 3.60. The second-order valence-electron chi connectivity index (χ2n) is 5.00. The molecule has 0 aliphatic rings. The number of benzene rings is 1. The number of halogens is 2. The van der Waals surface area contributed by atoms with E-state index in [9.17, 15) is 13.6 Å². The monoisotopic (exact) mass is 349 g/mol. The van der Waals surface area contributed by atoms with E-state index in [1.54, 1.807) is 13.0 Å². The molecule has 2 heterocycles. The molecule has 134 valence electrons. The van der Waals surface area contributed by atoms with E-state index >= 15 is 0 Å². The largest absolute Gasteiger partial charge is 0.465 e. The van der Waals surface area contributed by atoms with Gasteiger partial charge in [-0.25, -0.2) is 18.6 Å². The summed E-state index contributed by atoms with van der Waals surface area (Å²) in [6.45, 7) is 5.76. The van der Waals surface area contributed by atoms with Gasteiger partial charge in [0.05, 0.1) is 19.0 Å². The van der Waals surface area contributed by atoms with Crippen LogP contribution in [0, 0.1) is 18.6 Å². The van der Waals surface area contributed by atoms with Gasteiger partial charge in [0.1, 0.15) is 34.9 Å². The average molecular weight is 349 g/mol. The molecule has 7 heteroatoms. The summed E-state index contributed by atoms with van der Waals surface area (Å²) in [6.07, 6.45) is 2.65. The zero-order valence-corrected chi connectivity index (χ0v) is 14.4. The number of esters is 1. The van der Waals surface area contributed by atoms with Gasteiger partial charge in [0, 0.05) is 1.43 Å². The van der Waals surface area contributed by atoms with Crippen LogP contribution >= 0.6 is 0 Å². The number of hydrogen-bond acceptors (Lipinski definition) is 4. The first-order valence-electron chi connectivity index (χ1n) is 7.77. The van der Waals surface area contributed by atoms with Crippen molar-refractivity contribution < 1.29 is 19.7 Å². The Balaban J connectivity index is 0.00000109. The Bertz CT molecular complexity index is 913. The van der Waals surface area contributed by atoms with Gasteiger partial charge in [-0.3, -0.25) is 4.40 Å². The first kappa shape index (κ1) is 18.4. The molecule has 3 rings (SSSR count). The molecule has 0 saturated heterocycles. The molecule has 0 spiro atoms. The van der Waals surface area contributed by atoms with Crippen LogP contribution in [0.25, 0.3) is 5.52 Å². The van der Waals surface area contributed by atoms with Gasteiger partial charge >= 0.3 is 5.97 Å². The summed E-state index contributed by atoms with van der Waals surface area (Å²) in [5, 5.41) is 2.82. The van der Waals surface area contributed by atoms with E-state index in [1.807, 2.05) is 13.8 Å². The molecule has 1 N–H and O–H groups in total. The Morgan fingerprint density at radius 2 is 1.96 bits per heavy atom. The molecule has 2 aromatic heterocycles. The number of imidazole rings is 1. The Morgan fingerprint density at radius 3 is 2.60 bits per heavy atom. The lowest BCUT2D eigenvalue weighted by Gasteiger charge is -2.14. The minimum atomic E-state index is -0.741. The van der Waals surface area contributed by atoms with Crippen molar-refractivity contribution in [2.75, 3.05) is 12.4 Å². The summed E-state index contributed by atoms with van der Waals surface area (Å²) >= 11 is 0. The fourth-order valence-electron chi connectivity index (χ4n) is 2.29. The van der Waals surface area contributed by atoms with Gasteiger partial charge < -0.3 is 10.1 Å². The lowest BCUT2D eigenvalue weighted by molar-refractivity contribution is 0.0601. The van der Waals surface area contributed by atoms with E-state index in [2.05, 4.69) is 15.0 Å². The fourth-order valence-corrected chi connectivity index (χ4v) is 2.29. The molecule has 3 aromatic rings. The van der Waals surface area contributed by atoms with Gasteiger partial charge in [0.25, 0.3) is 0 Å². The summed E-state index contributed by atoms with van der Waals surface area (Å²) in [4.78, 5) is 15.8. The van der Waals surface area contributed by atoms with E-state index in [-0.39, 0.29) is 24.0 Å². The van der Waals surface area contributed by atoms with Gasteiger partial charge in [-0.1, -0.05) is 19.9 Å². The molecule has 5 nitrogen and oxygen atoms in total. The molecule has 0 radical (unpaired) electrons. The number of rotatable bonds is 3. The average Bonchev–Trinajstić information content (AvgIpc) is 3.10. The minimum Gasteiger partial charge on any atom is -0.465 e. The molecule has 0 bridgehead atoms. The number of nitrogens with one attached hydrogen (secondary N) is 1. The van der Waals surface area contributed by atoms with Crippen LogP contribution in [0.15, 0.2) is 36.8 Å². The Hall–Kier alpha value is -2.96. The van der Waals surface area contributed by atoms with Crippen LogP contribution < -0.4 is 5.32 Å². The quantitative estimate of drug-likeness (QED) is 0.695. The molecule has 0 aliphatic carbocycles. The molecule has 0 atom stereocenters. The highest BCUT2D eigenvalue weighted by molar-refractivity contribution is 5.96. The van der Waals surface area contributed by atoms with E-state index in [1.165, 1.54) is 36.2 Å². The predicted molar refractivity (Wildman–Crippen MR) is 94.4 cm³/mol. The molecule has 0 saturated carbocycles. The van der Waals surface area contributed by atoms with Crippen LogP contribution in [0.1, 0.15) is 31.2 Å². The number of aryl methyl sites for hydroxylation is 1. The van der Waals surface area contributed by atoms with Crippen molar-refractivity contribution in [3.05, 3.63) is 59.6 Å². The zero-order valence-electron chi connectivity index (χ0n) is 14.4. The van der Waals surface area contributed by atoms with E-state index in [0.717, 1.165) is 11.6 Å². The van der Waals surface area contributed by atoms with Crippen molar-refractivity contribution in [3.63, 3.8) is 0 Å². The third-order valence-electron chi connectivity index (χ3n) is 3.43. The van der Waals surface area contributed by atoms with E-state index < -0.39 is 17.6 Å². The number of anilines is 2. The Morgan fingerprint density at radius 1 is 1.24 bits per heavy atom. The maximum atomic E-state index is 14.1. The number of carbonyl (C=O) groups excluding carboxylic acids is 1. The van der Waals surface area contributed by atoms with Gasteiger partial charge in [-0.05, 0) is 30.7 Å². The summed E-state index contributed by atoms with van der Waals surface area (Å²) in [5.74, 6) is -1.68. The second kappa shape index (κ2) is 7.74. The van der Waals surface area contributed by atoms with Crippen molar-refractivity contribution in [2.45, 2.75) is 20.8 Å².